The molecule has 1 aromatic carbocycles. The molecule has 1 aliphatic heterocycles. The smallest absolute Gasteiger partial charge is 0.265 e. The fourth-order valence-corrected chi connectivity index (χ4v) is 4.58. The first-order chi connectivity index (χ1) is 15.8. The minimum absolute atomic E-state index is 0.221. The summed E-state index contributed by atoms with van der Waals surface area (Å²) in [6.07, 6.45) is 3.52. The predicted molar refractivity (Wildman–Crippen MR) is 130 cm³/mol. The summed E-state index contributed by atoms with van der Waals surface area (Å²) in [5.74, 6) is 0.852. The summed E-state index contributed by atoms with van der Waals surface area (Å²) in [7, 11) is 0. The number of aryl methyl sites for hydroxylation is 1. The number of aromatic nitrogens is 2. The van der Waals surface area contributed by atoms with Gasteiger partial charge in [-0.3, -0.25) is 19.1 Å². The molecule has 1 saturated heterocycles. The number of likely N-dealkylation sites (tertiary alicyclic amines) is 1. The van der Waals surface area contributed by atoms with Crippen LogP contribution in [-0.4, -0.2) is 40.0 Å². The second-order valence-electron chi connectivity index (χ2n) is 9.37. The highest BCUT2D eigenvalue weighted by atomic mass is 35.5. The number of amides is 1. The van der Waals surface area contributed by atoms with E-state index in [0.29, 0.717) is 30.3 Å². The Hall–Kier alpha value is -2.64. The van der Waals surface area contributed by atoms with Crippen LogP contribution in [0.1, 0.15) is 48.4 Å². The van der Waals surface area contributed by atoms with Crippen LogP contribution in [0.25, 0.3) is 11.1 Å². The van der Waals surface area contributed by atoms with Crippen LogP contribution in [0.3, 0.4) is 0 Å². The van der Waals surface area contributed by atoms with Crippen LogP contribution in [0, 0.1) is 18.8 Å². The van der Waals surface area contributed by atoms with Crippen LogP contribution < -0.4 is 10.9 Å². The zero-order chi connectivity index (χ0) is 23.5. The average molecular weight is 471 g/mol. The number of hydrogen-bond donors (Lipinski definition) is 1. The summed E-state index contributed by atoms with van der Waals surface area (Å²) in [6, 6.07) is 7.98. The molecule has 8 heteroatoms. The van der Waals surface area contributed by atoms with E-state index < -0.39 is 0 Å². The summed E-state index contributed by atoms with van der Waals surface area (Å²) >= 11 is 5.97. The number of nitrogens with zero attached hydrogens (tertiary/aromatic N) is 3. The van der Waals surface area contributed by atoms with Gasteiger partial charge < -0.3 is 9.73 Å². The number of fused-ring (bicyclic) bond motifs is 1. The van der Waals surface area contributed by atoms with Gasteiger partial charge in [0.05, 0.1) is 5.56 Å². The lowest BCUT2D eigenvalue weighted by Crippen LogP contribution is -2.38. The molecule has 7 nitrogen and oxygen atoms in total. The van der Waals surface area contributed by atoms with Crippen molar-refractivity contribution in [2.75, 3.05) is 19.6 Å². The number of carbonyl (C=O) groups is 1. The van der Waals surface area contributed by atoms with E-state index in [1.807, 2.05) is 26.0 Å². The summed E-state index contributed by atoms with van der Waals surface area (Å²) < 4.78 is 7.18. The number of benzene rings is 1. The Morgan fingerprint density at radius 3 is 2.61 bits per heavy atom. The zero-order valence-electron chi connectivity index (χ0n) is 19.4. The maximum atomic E-state index is 13.0. The van der Waals surface area contributed by atoms with Crippen LogP contribution in [0.5, 0.6) is 0 Å². The van der Waals surface area contributed by atoms with Crippen molar-refractivity contribution in [2.45, 2.75) is 46.7 Å². The lowest BCUT2D eigenvalue weighted by Gasteiger charge is -2.32. The zero-order valence-corrected chi connectivity index (χ0v) is 20.2. The van der Waals surface area contributed by atoms with Crippen molar-refractivity contribution in [3.8, 4) is 0 Å². The Labute approximate surface area is 198 Å². The van der Waals surface area contributed by atoms with Gasteiger partial charge in [-0.2, -0.15) is 0 Å². The molecular weight excluding hydrogens is 440 g/mol. The minimum Gasteiger partial charge on any atom is -0.442 e. The molecule has 1 N–H and O–H groups in total. The Morgan fingerprint density at radius 1 is 1.24 bits per heavy atom. The number of nitrogens with one attached hydrogen (secondary N) is 1. The number of furan rings is 1. The highest BCUT2D eigenvalue weighted by molar-refractivity contribution is 6.30. The molecule has 1 amide bonds. The maximum absolute atomic E-state index is 13.0. The van der Waals surface area contributed by atoms with E-state index in [9.17, 15) is 9.59 Å². The highest BCUT2D eigenvalue weighted by Crippen LogP contribution is 2.22. The number of rotatable bonds is 7. The molecular formula is C25H31ClN4O3. The summed E-state index contributed by atoms with van der Waals surface area (Å²) in [6.45, 7) is 9.78. The summed E-state index contributed by atoms with van der Waals surface area (Å²) in [4.78, 5) is 32.7. The molecule has 4 rings (SSSR count). The number of halogens is 1. The molecule has 0 aliphatic carbocycles. The Kier molecular flexibility index (Phi) is 7.20. The summed E-state index contributed by atoms with van der Waals surface area (Å²) in [5.41, 5.74) is 1.55. The number of carbonyl (C=O) groups excluding carboxylic acids is 1. The van der Waals surface area contributed by atoms with Gasteiger partial charge in [0.25, 0.3) is 11.5 Å². The molecule has 1 fully saturated rings. The Morgan fingerprint density at radius 2 is 1.94 bits per heavy atom. The van der Waals surface area contributed by atoms with Crippen LogP contribution in [0.2, 0.25) is 5.02 Å². The molecule has 33 heavy (non-hydrogen) atoms. The molecule has 0 radical (unpaired) electrons. The van der Waals surface area contributed by atoms with Gasteiger partial charge in [-0.25, -0.2) is 4.98 Å². The van der Waals surface area contributed by atoms with Crippen molar-refractivity contribution in [3.63, 3.8) is 0 Å². The minimum atomic E-state index is -0.268. The van der Waals surface area contributed by atoms with Crippen molar-refractivity contribution >= 4 is 28.6 Å². The molecule has 3 aromatic rings. The predicted octanol–water partition coefficient (Wildman–Crippen LogP) is 4.25. The van der Waals surface area contributed by atoms with Crippen LogP contribution >= 0.6 is 11.6 Å². The molecule has 3 heterocycles. The fraction of sp³-hybridized carbons (Fsp3) is 0.480. The molecule has 176 valence electrons. The van der Waals surface area contributed by atoms with Gasteiger partial charge in [-0.1, -0.05) is 37.6 Å². The molecule has 0 spiro atoms. The van der Waals surface area contributed by atoms with Crippen molar-refractivity contribution in [3.05, 3.63) is 62.9 Å². The van der Waals surface area contributed by atoms with Crippen molar-refractivity contribution in [1.82, 2.24) is 19.8 Å². The first kappa shape index (κ1) is 23.5. The third-order valence-electron chi connectivity index (χ3n) is 6.22. The lowest BCUT2D eigenvalue weighted by molar-refractivity contribution is 0.0935. The lowest BCUT2D eigenvalue weighted by atomic mass is 9.96. The largest absolute Gasteiger partial charge is 0.442 e. The fourth-order valence-electron chi connectivity index (χ4n) is 4.46. The first-order valence-corrected chi connectivity index (χ1v) is 11.9. The second kappa shape index (κ2) is 10.1. The summed E-state index contributed by atoms with van der Waals surface area (Å²) in [5, 5.41) is 4.06. The van der Waals surface area contributed by atoms with Crippen LogP contribution in [0.4, 0.5) is 0 Å². The molecule has 0 unspecified atom stereocenters. The van der Waals surface area contributed by atoms with E-state index in [1.165, 1.54) is 11.9 Å². The van der Waals surface area contributed by atoms with E-state index in [2.05, 4.69) is 27.3 Å². The van der Waals surface area contributed by atoms with Crippen molar-refractivity contribution in [2.24, 2.45) is 11.8 Å². The highest BCUT2D eigenvalue weighted by Gasteiger charge is 2.25. The topological polar surface area (TPSA) is 80.4 Å². The molecule has 2 aromatic heterocycles. The van der Waals surface area contributed by atoms with Gasteiger partial charge in [-0.15, -0.1) is 0 Å². The van der Waals surface area contributed by atoms with E-state index in [4.69, 9.17) is 16.0 Å². The van der Waals surface area contributed by atoms with E-state index in [1.54, 1.807) is 11.5 Å². The van der Waals surface area contributed by atoms with E-state index >= 15 is 0 Å². The first-order valence-electron chi connectivity index (χ1n) is 11.6. The SMILES string of the molecule is Cc1oc2ncn(CC(C)C)c(=O)c2c1C(=O)NCC1CCN(Cc2ccc(Cl)cc2)CC1. The number of hydrogen-bond acceptors (Lipinski definition) is 5. The third kappa shape index (κ3) is 5.47. The standard InChI is InChI=1S/C25H31ClN4O3/c1-16(2)13-30-15-28-24-22(25(30)32)21(17(3)33-24)23(31)27-12-18-8-10-29(11-9-18)14-19-4-6-20(26)7-5-19/h4-7,15-16,18H,8-14H2,1-3H3,(H,27,31). The normalized spacial score (nSPS) is 15.4. The van der Waals surface area contributed by atoms with E-state index in [0.717, 1.165) is 37.5 Å². The van der Waals surface area contributed by atoms with Crippen molar-refractivity contribution in [1.29, 1.82) is 0 Å². The third-order valence-corrected chi connectivity index (χ3v) is 6.47. The quantitative estimate of drug-likeness (QED) is 0.558. The van der Waals surface area contributed by atoms with Gasteiger partial charge in [0.1, 0.15) is 17.5 Å². The molecule has 0 bridgehead atoms. The molecule has 1 aliphatic rings. The maximum Gasteiger partial charge on any atom is 0.265 e. The van der Waals surface area contributed by atoms with Crippen LogP contribution in [-0.2, 0) is 13.1 Å². The van der Waals surface area contributed by atoms with Gasteiger partial charge >= 0.3 is 0 Å². The molecule has 0 saturated carbocycles. The van der Waals surface area contributed by atoms with Crippen LogP contribution in [0.15, 0.2) is 39.8 Å². The van der Waals surface area contributed by atoms with E-state index in [-0.39, 0.29) is 28.5 Å². The van der Waals surface area contributed by atoms with Gasteiger partial charge in [-0.05, 0) is 62.4 Å². The average Bonchev–Trinajstić information content (AvgIpc) is 3.13. The van der Waals surface area contributed by atoms with Crippen molar-refractivity contribution < 1.29 is 9.21 Å². The second-order valence-corrected chi connectivity index (χ2v) is 9.80. The number of piperidine rings is 1. The monoisotopic (exact) mass is 470 g/mol. The van der Waals surface area contributed by atoms with Gasteiger partial charge in [0.15, 0.2) is 0 Å². The Bertz CT molecular complexity index is 1170. The molecule has 0 atom stereocenters. The van der Waals surface area contributed by atoms with Gasteiger partial charge in [0.2, 0.25) is 5.71 Å². The van der Waals surface area contributed by atoms with Gasteiger partial charge in [0, 0.05) is 24.7 Å². The Balaban J connectivity index is 1.37.